The Balaban J connectivity index is 2.05. The third-order valence-corrected chi connectivity index (χ3v) is 2.19. The number of anilines is 1. The van der Waals surface area contributed by atoms with Gasteiger partial charge in [-0.25, -0.2) is 13.8 Å². The van der Waals surface area contributed by atoms with Crippen LogP contribution in [0.5, 0.6) is 0 Å². The zero-order valence-corrected chi connectivity index (χ0v) is 9.45. The number of pyridine rings is 1. The number of nitrogens with zero attached hydrogens (tertiary/aromatic N) is 1. The number of aromatic nitrogens is 1. The molecule has 0 unspecified atom stereocenters. The SMILES string of the molecule is O=C(NNc1ccc(F)cc1)c1nc(F)ccc1F. The summed E-state index contributed by atoms with van der Waals surface area (Å²) in [6.45, 7) is 0. The quantitative estimate of drug-likeness (QED) is 0.662. The second-order valence-corrected chi connectivity index (χ2v) is 3.55. The van der Waals surface area contributed by atoms with E-state index >= 15 is 0 Å². The number of hydrazine groups is 1. The third-order valence-electron chi connectivity index (χ3n) is 2.19. The highest BCUT2D eigenvalue weighted by Gasteiger charge is 2.14. The first-order valence-corrected chi connectivity index (χ1v) is 5.20. The van der Waals surface area contributed by atoms with Gasteiger partial charge in [-0.3, -0.25) is 15.6 Å². The number of carbonyl (C=O) groups is 1. The summed E-state index contributed by atoms with van der Waals surface area (Å²) < 4.78 is 38.7. The minimum Gasteiger partial charge on any atom is -0.298 e. The van der Waals surface area contributed by atoms with Gasteiger partial charge in [0.2, 0.25) is 5.95 Å². The van der Waals surface area contributed by atoms with Crippen LogP contribution in [0.25, 0.3) is 0 Å². The van der Waals surface area contributed by atoms with Crippen molar-refractivity contribution in [1.82, 2.24) is 10.4 Å². The van der Waals surface area contributed by atoms with Crippen molar-refractivity contribution in [2.24, 2.45) is 0 Å². The fraction of sp³-hybridized carbons (Fsp3) is 0. The fourth-order valence-electron chi connectivity index (χ4n) is 1.30. The minimum absolute atomic E-state index is 0.381. The Morgan fingerprint density at radius 1 is 1.00 bits per heavy atom. The van der Waals surface area contributed by atoms with Gasteiger partial charge < -0.3 is 0 Å². The summed E-state index contributed by atoms with van der Waals surface area (Å²) in [7, 11) is 0. The van der Waals surface area contributed by atoms with Crippen LogP contribution in [0, 0.1) is 17.6 Å². The third kappa shape index (κ3) is 3.21. The first-order valence-electron chi connectivity index (χ1n) is 5.20. The van der Waals surface area contributed by atoms with Crippen molar-refractivity contribution in [3.8, 4) is 0 Å². The molecule has 7 heteroatoms. The van der Waals surface area contributed by atoms with E-state index in [1.807, 2.05) is 0 Å². The Hall–Kier alpha value is -2.57. The lowest BCUT2D eigenvalue weighted by Crippen LogP contribution is -2.31. The molecule has 2 aromatic rings. The number of amides is 1. The fourth-order valence-corrected chi connectivity index (χ4v) is 1.30. The van der Waals surface area contributed by atoms with Crippen molar-refractivity contribution in [3.05, 3.63) is 59.7 Å². The topological polar surface area (TPSA) is 54.0 Å². The van der Waals surface area contributed by atoms with Crippen molar-refractivity contribution in [2.45, 2.75) is 0 Å². The molecule has 98 valence electrons. The maximum atomic E-state index is 13.2. The molecule has 0 radical (unpaired) electrons. The van der Waals surface area contributed by atoms with Crippen LogP contribution in [0.4, 0.5) is 18.9 Å². The van der Waals surface area contributed by atoms with Gasteiger partial charge in [0.1, 0.15) is 5.82 Å². The molecule has 2 N–H and O–H groups in total. The lowest BCUT2D eigenvalue weighted by atomic mass is 10.3. The average Bonchev–Trinajstić information content (AvgIpc) is 2.40. The van der Waals surface area contributed by atoms with Crippen molar-refractivity contribution in [2.75, 3.05) is 5.43 Å². The molecule has 1 aromatic carbocycles. The van der Waals surface area contributed by atoms with Crippen molar-refractivity contribution >= 4 is 11.6 Å². The number of hydrogen-bond acceptors (Lipinski definition) is 3. The summed E-state index contributed by atoms with van der Waals surface area (Å²) in [5, 5.41) is 0. The average molecular weight is 267 g/mol. The molecule has 1 heterocycles. The Morgan fingerprint density at radius 3 is 2.37 bits per heavy atom. The van der Waals surface area contributed by atoms with Crippen LogP contribution in [0.15, 0.2) is 36.4 Å². The van der Waals surface area contributed by atoms with Gasteiger partial charge in [-0.2, -0.15) is 4.39 Å². The molecular formula is C12H8F3N3O. The van der Waals surface area contributed by atoms with Crippen LogP contribution in [-0.4, -0.2) is 10.9 Å². The Labute approximate surface area is 106 Å². The predicted molar refractivity (Wildman–Crippen MR) is 61.6 cm³/mol. The summed E-state index contributed by atoms with van der Waals surface area (Å²) in [5.41, 5.74) is 4.25. The first kappa shape index (κ1) is 12.9. The summed E-state index contributed by atoms with van der Waals surface area (Å²) in [4.78, 5) is 14.7. The van der Waals surface area contributed by atoms with Gasteiger partial charge in [-0.1, -0.05) is 0 Å². The van der Waals surface area contributed by atoms with Crippen LogP contribution < -0.4 is 10.9 Å². The van der Waals surface area contributed by atoms with Crippen LogP contribution in [-0.2, 0) is 0 Å². The largest absolute Gasteiger partial charge is 0.298 e. The van der Waals surface area contributed by atoms with Gasteiger partial charge in [0.15, 0.2) is 11.5 Å². The number of nitrogens with one attached hydrogen (secondary N) is 2. The summed E-state index contributed by atoms with van der Waals surface area (Å²) in [6, 6.07) is 6.69. The number of benzene rings is 1. The zero-order chi connectivity index (χ0) is 13.8. The van der Waals surface area contributed by atoms with E-state index in [-0.39, 0.29) is 0 Å². The second kappa shape index (κ2) is 5.38. The van der Waals surface area contributed by atoms with Gasteiger partial charge in [-0.15, -0.1) is 0 Å². The van der Waals surface area contributed by atoms with Crippen LogP contribution in [0.3, 0.4) is 0 Å². The van der Waals surface area contributed by atoms with E-state index in [0.29, 0.717) is 5.69 Å². The highest BCUT2D eigenvalue weighted by molar-refractivity contribution is 5.93. The highest BCUT2D eigenvalue weighted by Crippen LogP contribution is 2.08. The molecule has 0 spiro atoms. The van der Waals surface area contributed by atoms with Crippen molar-refractivity contribution in [3.63, 3.8) is 0 Å². The number of rotatable bonds is 3. The molecule has 0 aliphatic carbocycles. The lowest BCUT2D eigenvalue weighted by Gasteiger charge is -2.08. The monoisotopic (exact) mass is 267 g/mol. The molecule has 0 aliphatic heterocycles. The van der Waals surface area contributed by atoms with E-state index in [9.17, 15) is 18.0 Å². The number of hydrogen-bond donors (Lipinski definition) is 2. The summed E-state index contributed by atoms with van der Waals surface area (Å²) >= 11 is 0. The smallest absolute Gasteiger partial charge is 0.291 e. The number of halogens is 3. The molecular weight excluding hydrogens is 259 g/mol. The van der Waals surface area contributed by atoms with Crippen molar-refractivity contribution < 1.29 is 18.0 Å². The first-order chi connectivity index (χ1) is 9.06. The number of carbonyl (C=O) groups excluding carboxylic acids is 1. The van der Waals surface area contributed by atoms with E-state index in [4.69, 9.17) is 0 Å². The van der Waals surface area contributed by atoms with E-state index in [0.717, 1.165) is 12.1 Å². The second-order valence-electron chi connectivity index (χ2n) is 3.55. The standard InChI is InChI=1S/C12H8F3N3O/c13-7-1-3-8(4-2-7)17-18-12(19)11-9(14)5-6-10(15)16-11/h1-6,17H,(H,18,19). The van der Waals surface area contributed by atoms with Gasteiger partial charge in [0.05, 0.1) is 5.69 Å². The minimum atomic E-state index is -0.965. The van der Waals surface area contributed by atoms with E-state index in [2.05, 4.69) is 15.8 Å². The molecule has 4 nitrogen and oxygen atoms in total. The normalized spacial score (nSPS) is 10.1. The molecule has 0 fully saturated rings. The molecule has 1 amide bonds. The maximum Gasteiger partial charge on any atom is 0.291 e. The van der Waals surface area contributed by atoms with Crippen LogP contribution in [0.2, 0.25) is 0 Å². The van der Waals surface area contributed by atoms with Crippen LogP contribution >= 0.6 is 0 Å². The molecule has 0 atom stereocenters. The molecule has 0 saturated carbocycles. The van der Waals surface area contributed by atoms with Gasteiger partial charge >= 0.3 is 0 Å². The predicted octanol–water partition coefficient (Wildman–Crippen LogP) is 2.26. The molecule has 0 bridgehead atoms. The highest BCUT2D eigenvalue weighted by atomic mass is 19.1. The van der Waals surface area contributed by atoms with Gasteiger partial charge in [-0.05, 0) is 36.4 Å². The van der Waals surface area contributed by atoms with Crippen LogP contribution in [0.1, 0.15) is 10.5 Å². The van der Waals surface area contributed by atoms with E-state index in [1.165, 1.54) is 24.3 Å². The molecule has 2 rings (SSSR count). The van der Waals surface area contributed by atoms with Gasteiger partial charge in [0.25, 0.3) is 5.91 Å². The molecule has 19 heavy (non-hydrogen) atoms. The molecule has 1 aromatic heterocycles. The molecule has 0 aliphatic rings. The van der Waals surface area contributed by atoms with Crippen molar-refractivity contribution in [1.29, 1.82) is 0 Å². The maximum absolute atomic E-state index is 13.2. The lowest BCUT2D eigenvalue weighted by molar-refractivity contribution is 0.0952. The Bertz CT molecular complexity index is 602. The molecule has 0 saturated heterocycles. The Morgan fingerprint density at radius 2 is 1.68 bits per heavy atom. The summed E-state index contributed by atoms with van der Waals surface area (Å²) in [5.74, 6) is -3.29. The van der Waals surface area contributed by atoms with Gasteiger partial charge in [0, 0.05) is 0 Å². The zero-order valence-electron chi connectivity index (χ0n) is 9.45. The van der Waals surface area contributed by atoms with E-state index in [1.54, 1.807) is 0 Å². The Kier molecular flexibility index (Phi) is 3.65. The summed E-state index contributed by atoms with van der Waals surface area (Å²) in [6.07, 6.45) is 0. The van der Waals surface area contributed by atoms with E-state index < -0.39 is 29.2 Å².